The van der Waals surface area contributed by atoms with Crippen LogP contribution in [0.2, 0.25) is 0 Å². The molecule has 3 rings (SSSR count). The van der Waals surface area contributed by atoms with Gasteiger partial charge in [-0.05, 0) is 36.4 Å². The fraction of sp³-hybridized carbons (Fsp3) is 0.190. The molecule has 0 fully saturated rings. The van der Waals surface area contributed by atoms with Gasteiger partial charge in [-0.1, -0.05) is 30.3 Å². The number of pyridine rings is 1. The zero-order valence-corrected chi connectivity index (χ0v) is 15.5. The van der Waals surface area contributed by atoms with Gasteiger partial charge >= 0.3 is 12.4 Å². The highest BCUT2D eigenvalue weighted by Gasteiger charge is 2.33. The Morgan fingerprint density at radius 1 is 0.567 bits per heavy atom. The van der Waals surface area contributed by atoms with E-state index in [1.165, 1.54) is 36.4 Å². The lowest BCUT2D eigenvalue weighted by atomic mass is 10.1. The summed E-state index contributed by atoms with van der Waals surface area (Å²) in [6.45, 7) is 0.0557. The van der Waals surface area contributed by atoms with Crippen LogP contribution in [0.15, 0.2) is 66.7 Å². The molecule has 0 saturated carbocycles. The average molecular weight is 425 g/mol. The molecule has 3 nitrogen and oxygen atoms in total. The maximum Gasteiger partial charge on any atom is 0.418 e. The van der Waals surface area contributed by atoms with Crippen LogP contribution in [0.3, 0.4) is 0 Å². The normalized spacial score (nSPS) is 11.9. The fourth-order valence-corrected chi connectivity index (χ4v) is 2.87. The van der Waals surface area contributed by atoms with Crippen molar-refractivity contribution in [1.29, 1.82) is 0 Å². The topological polar surface area (TPSA) is 37.0 Å². The third kappa shape index (κ3) is 5.43. The standard InChI is InChI=1S/C21H17F6N3/c22-20(23,24)16-8-1-3-10-18(16)28-12-14-6-5-7-15(30-14)13-29-19-11-4-2-9-17(19)21(25,26)27/h1-11,28-29H,12-13H2. The molecule has 0 spiro atoms. The Hall–Kier alpha value is -3.23. The van der Waals surface area contributed by atoms with E-state index in [-0.39, 0.29) is 24.5 Å². The van der Waals surface area contributed by atoms with Crippen molar-refractivity contribution in [2.75, 3.05) is 10.6 Å². The molecule has 0 atom stereocenters. The maximum absolute atomic E-state index is 13.1. The Labute approximate surface area is 168 Å². The Morgan fingerprint density at radius 2 is 0.967 bits per heavy atom. The van der Waals surface area contributed by atoms with Crippen molar-refractivity contribution in [3.8, 4) is 0 Å². The van der Waals surface area contributed by atoms with Crippen molar-refractivity contribution in [1.82, 2.24) is 4.98 Å². The largest absolute Gasteiger partial charge is 0.418 e. The SMILES string of the molecule is FC(F)(F)c1ccccc1NCc1cccc(CNc2ccccc2C(F)(F)F)n1. The van der Waals surface area contributed by atoms with Crippen LogP contribution in [0.5, 0.6) is 0 Å². The lowest BCUT2D eigenvalue weighted by molar-refractivity contribution is -0.137. The van der Waals surface area contributed by atoms with Crippen molar-refractivity contribution in [3.63, 3.8) is 0 Å². The summed E-state index contributed by atoms with van der Waals surface area (Å²) >= 11 is 0. The molecule has 0 aliphatic carbocycles. The molecule has 0 unspecified atom stereocenters. The van der Waals surface area contributed by atoms with Gasteiger partial charge in [0, 0.05) is 11.4 Å². The first-order valence-electron chi connectivity index (χ1n) is 8.89. The molecular weight excluding hydrogens is 408 g/mol. The van der Waals surface area contributed by atoms with Crippen molar-refractivity contribution < 1.29 is 26.3 Å². The van der Waals surface area contributed by atoms with Gasteiger partial charge < -0.3 is 10.6 Å². The van der Waals surface area contributed by atoms with Gasteiger partial charge in [0.1, 0.15) is 0 Å². The van der Waals surface area contributed by atoms with Gasteiger partial charge in [-0.15, -0.1) is 0 Å². The number of para-hydroxylation sites is 2. The van der Waals surface area contributed by atoms with E-state index < -0.39 is 23.5 Å². The molecule has 9 heteroatoms. The van der Waals surface area contributed by atoms with Gasteiger partial charge in [0.2, 0.25) is 0 Å². The van der Waals surface area contributed by atoms with Crippen LogP contribution in [-0.2, 0) is 25.4 Å². The second-order valence-electron chi connectivity index (χ2n) is 6.41. The average Bonchev–Trinajstić information content (AvgIpc) is 2.70. The first-order chi connectivity index (χ1) is 14.1. The number of alkyl halides is 6. The minimum Gasteiger partial charge on any atom is -0.379 e. The summed E-state index contributed by atoms with van der Waals surface area (Å²) < 4.78 is 78.4. The maximum atomic E-state index is 13.1. The van der Waals surface area contributed by atoms with Gasteiger partial charge in [0.25, 0.3) is 0 Å². The molecule has 3 aromatic rings. The van der Waals surface area contributed by atoms with Gasteiger partial charge in [-0.2, -0.15) is 26.3 Å². The Bertz CT molecular complexity index is 922. The third-order valence-corrected chi connectivity index (χ3v) is 4.25. The second-order valence-corrected chi connectivity index (χ2v) is 6.41. The van der Waals surface area contributed by atoms with Crippen LogP contribution in [0, 0.1) is 0 Å². The van der Waals surface area contributed by atoms with Crippen LogP contribution in [-0.4, -0.2) is 4.98 Å². The molecule has 0 aliphatic heterocycles. The van der Waals surface area contributed by atoms with Crippen molar-refractivity contribution in [2.24, 2.45) is 0 Å². The van der Waals surface area contributed by atoms with E-state index in [2.05, 4.69) is 15.6 Å². The molecule has 0 bridgehead atoms. The predicted molar refractivity (Wildman–Crippen MR) is 102 cm³/mol. The summed E-state index contributed by atoms with van der Waals surface area (Å²) in [7, 11) is 0. The van der Waals surface area contributed by atoms with Crippen molar-refractivity contribution >= 4 is 11.4 Å². The molecule has 2 N–H and O–H groups in total. The lowest BCUT2D eigenvalue weighted by Crippen LogP contribution is -2.12. The van der Waals surface area contributed by atoms with E-state index >= 15 is 0 Å². The summed E-state index contributed by atoms with van der Waals surface area (Å²) in [4.78, 5) is 4.30. The molecule has 0 aliphatic rings. The summed E-state index contributed by atoms with van der Waals surface area (Å²) in [5.41, 5.74) is -0.812. The van der Waals surface area contributed by atoms with Crippen LogP contribution < -0.4 is 10.6 Å². The molecule has 158 valence electrons. The number of nitrogens with one attached hydrogen (secondary N) is 2. The van der Waals surface area contributed by atoms with E-state index in [4.69, 9.17) is 0 Å². The first-order valence-corrected chi connectivity index (χ1v) is 8.89. The van der Waals surface area contributed by atoms with E-state index in [9.17, 15) is 26.3 Å². The van der Waals surface area contributed by atoms with Gasteiger partial charge in [0.05, 0.1) is 35.6 Å². The van der Waals surface area contributed by atoms with Crippen LogP contribution >= 0.6 is 0 Å². The zero-order valence-electron chi connectivity index (χ0n) is 15.5. The monoisotopic (exact) mass is 425 g/mol. The summed E-state index contributed by atoms with van der Waals surface area (Å²) in [6, 6.07) is 15.1. The quantitative estimate of drug-likeness (QED) is 0.453. The molecule has 30 heavy (non-hydrogen) atoms. The van der Waals surface area contributed by atoms with Gasteiger partial charge in [0.15, 0.2) is 0 Å². The van der Waals surface area contributed by atoms with Crippen LogP contribution in [0.1, 0.15) is 22.5 Å². The highest BCUT2D eigenvalue weighted by molar-refractivity contribution is 5.53. The van der Waals surface area contributed by atoms with Gasteiger partial charge in [-0.3, -0.25) is 4.98 Å². The van der Waals surface area contributed by atoms with E-state index in [0.717, 1.165) is 12.1 Å². The van der Waals surface area contributed by atoms with E-state index in [1.807, 2.05) is 0 Å². The van der Waals surface area contributed by atoms with Gasteiger partial charge in [-0.25, -0.2) is 0 Å². The summed E-state index contributed by atoms with van der Waals surface area (Å²) in [5.74, 6) is 0. The van der Waals surface area contributed by atoms with E-state index in [0.29, 0.717) is 11.4 Å². The minimum atomic E-state index is -4.49. The number of benzene rings is 2. The number of halogens is 6. The third-order valence-electron chi connectivity index (χ3n) is 4.25. The zero-order chi connectivity index (χ0) is 21.8. The highest BCUT2D eigenvalue weighted by atomic mass is 19.4. The highest BCUT2D eigenvalue weighted by Crippen LogP contribution is 2.35. The summed E-state index contributed by atoms with van der Waals surface area (Å²) in [5, 5.41) is 5.43. The molecule has 1 heterocycles. The molecule has 0 radical (unpaired) electrons. The lowest BCUT2D eigenvalue weighted by Gasteiger charge is -2.15. The second kappa shape index (κ2) is 8.64. The number of hydrogen-bond acceptors (Lipinski definition) is 3. The number of aromatic nitrogens is 1. The Balaban J connectivity index is 1.69. The fourth-order valence-electron chi connectivity index (χ4n) is 2.87. The van der Waals surface area contributed by atoms with Crippen LogP contribution in [0.25, 0.3) is 0 Å². The van der Waals surface area contributed by atoms with Crippen LogP contribution in [0.4, 0.5) is 37.7 Å². The van der Waals surface area contributed by atoms with E-state index in [1.54, 1.807) is 18.2 Å². The Morgan fingerprint density at radius 3 is 1.37 bits per heavy atom. The molecule has 1 aromatic heterocycles. The number of rotatable bonds is 6. The predicted octanol–water partition coefficient (Wildman–Crippen LogP) is 6.34. The molecular formula is C21H17F6N3. The number of anilines is 2. The number of nitrogens with zero attached hydrogens (tertiary/aromatic N) is 1. The molecule has 2 aromatic carbocycles. The molecule has 0 amide bonds. The number of hydrogen-bond donors (Lipinski definition) is 2. The summed E-state index contributed by atoms with van der Waals surface area (Å²) in [6.07, 6.45) is -8.98. The molecule has 0 saturated heterocycles. The first kappa shape index (κ1) is 21.5. The Kier molecular flexibility index (Phi) is 6.19. The smallest absolute Gasteiger partial charge is 0.379 e. The van der Waals surface area contributed by atoms with Crippen molar-refractivity contribution in [2.45, 2.75) is 25.4 Å². The minimum absolute atomic E-state index is 0.0278. The van der Waals surface area contributed by atoms with Crippen molar-refractivity contribution in [3.05, 3.63) is 89.2 Å².